The van der Waals surface area contributed by atoms with Gasteiger partial charge in [-0.3, -0.25) is 9.59 Å². The van der Waals surface area contributed by atoms with Gasteiger partial charge in [0, 0.05) is 0 Å². The maximum atomic E-state index is 11.9. The van der Waals surface area contributed by atoms with Crippen LogP contribution in [0.25, 0.3) is 0 Å². The molecule has 0 aliphatic carbocycles. The molecule has 0 spiro atoms. The second kappa shape index (κ2) is 9.29. The van der Waals surface area contributed by atoms with Crippen molar-refractivity contribution < 1.29 is 14.0 Å². The van der Waals surface area contributed by atoms with E-state index in [1.165, 1.54) is 12.3 Å². The second-order valence-corrected chi connectivity index (χ2v) is 5.22. The van der Waals surface area contributed by atoms with Crippen LogP contribution < -0.4 is 10.7 Å². The normalized spacial score (nSPS) is 11.1. The quantitative estimate of drug-likeness (QED) is 0.577. The van der Waals surface area contributed by atoms with Crippen LogP contribution in [0.2, 0.25) is 0 Å². The average Bonchev–Trinajstić information content (AvgIpc) is 3.15. The lowest BCUT2D eigenvalue weighted by molar-refractivity contribution is -0.120. The third-order valence-corrected chi connectivity index (χ3v) is 3.34. The molecule has 2 aromatic rings. The van der Waals surface area contributed by atoms with Crippen LogP contribution in [0.5, 0.6) is 0 Å². The Morgan fingerprint density at radius 2 is 1.92 bits per heavy atom. The molecule has 0 unspecified atom stereocenters. The molecule has 0 atom stereocenters. The Morgan fingerprint density at radius 3 is 2.58 bits per heavy atom. The van der Waals surface area contributed by atoms with E-state index in [9.17, 15) is 9.59 Å². The molecule has 0 saturated heterocycles. The fourth-order valence-corrected chi connectivity index (χ4v) is 2.06. The van der Waals surface area contributed by atoms with E-state index in [0.717, 1.165) is 30.5 Å². The summed E-state index contributed by atoms with van der Waals surface area (Å²) in [6.45, 7) is 1.93. The molecule has 0 saturated carbocycles. The Morgan fingerprint density at radius 1 is 1.12 bits per heavy atom. The molecule has 1 aromatic heterocycles. The van der Waals surface area contributed by atoms with Crippen LogP contribution in [0.15, 0.2) is 58.2 Å². The lowest BCUT2D eigenvalue weighted by Crippen LogP contribution is -2.35. The van der Waals surface area contributed by atoms with Gasteiger partial charge in [-0.25, -0.2) is 5.43 Å². The van der Waals surface area contributed by atoms with Crippen molar-refractivity contribution in [2.45, 2.75) is 26.2 Å². The molecule has 2 N–H and O–H groups in total. The van der Waals surface area contributed by atoms with Gasteiger partial charge in [-0.15, -0.1) is 0 Å². The monoisotopic (exact) mass is 327 g/mol. The van der Waals surface area contributed by atoms with Crippen molar-refractivity contribution in [2.24, 2.45) is 5.10 Å². The lowest BCUT2D eigenvalue weighted by Gasteiger charge is -2.07. The largest absolute Gasteiger partial charge is 0.459 e. The highest BCUT2D eigenvalue weighted by atomic mass is 16.3. The van der Waals surface area contributed by atoms with Gasteiger partial charge >= 0.3 is 0 Å². The molecule has 24 heavy (non-hydrogen) atoms. The summed E-state index contributed by atoms with van der Waals surface area (Å²) >= 11 is 0. The van der Waals surface area contributed by atoms with Crippen molar-refractivity contribution in [2.75, 3.05) is 6.54 Å². The highest BCUT2D eigenvalue weighted by molar-refractivity contribution is 6.01. The molecule has 2 rings (SSSR count). The molecule has 1 heterocycles. The van der Waals surface area contributed by atoms with E-state index in [0.29, 0.717) is 0 Å². The number of nitrogens with one attached hydrogen (secondary N) is 2. The van der Waals surface area contributed by atoms with Crippen LogP contribution in [0.4, 0.5) is 0 Å². The number of amides is 2. The van der Waals surface area contributed by atoms with E-state index in [-0.39, 0.29) is 18.2 Å². The fourth-order valence-electron chi connectivity index (χ4n) is 2.06. The molecule has 0 fully saturated rings. The Kier molecular flexibility index (Phi) is 6.76. The standard InChI is InChI=1S/C18H21N3O3/c1-2-3-10-15(14-8-5-4-6-9-14)20-21-17(22)13-19-18(23)16-11-7-12-24-16/h4-9,11-12H,2-3,10,13H2,1H3,(H,19,23)(H,21,22). The first-order valence-electron chi connectivity index (χ1n) is 7.93. The van der Waals surface area contributed by atoms with Crippen LogP contribution in [0.1, 0.15) is 42.3 Å². The third kappa shape index (κ3) is 5.39. The summed E-state index contributed by atoms with van der Waals surface area (Å²) in [5.41, 5.74) is 4.29. The Bertz CT molecular complexity index is 679. The predicted octanol–water partition coefficient (Wildman–Crippen LogP) is 2.72. The summed E-state index contributed by atoms with van der Waals surface area (Å²) in [6, 6.07) is 12.9. The summed E-state index contributed by atoms with van der Waals surface area (Å²) in [6.07, 6.45) is 4.20. The first-order valence-corrected chi connectivity index (χ1v) is 7.93. The Hall–Kier alpha value is -2.89. The van der Waals surface area contributed by atoms with Gasteiger partial charge in [0.15, 0.2) is 5.76 Å². The molecule has 2 amide bonds. The van der Waals surface area contributed by atoms with E-state index >= 15 is 0 Å². The summed E-state index contributed by atoms with van der Waals surface area (Å²) in [5.74, 6) is -0.660. The van der Waals surface area contributed by atoms with Crippen molar-refractivity contribution in [3.8, 4) is 0 Å². The van der Waals surface area contributed by atoms with Crippen LogP contribution >= 0.6 is 0 Å². The Labute approximate surface area is 140 Å². The lowest BCUT2D eigenvalue weighted by atomic mass is 10.1. The van der Waals surface area contributed by atoms with E-state index in [2.05, 4.69) is 22.8 Å². The number of carbonyl (C=O) groups is 2. The molecule has 0 aliphatic rings. The van der Waals surface area contributed by atoms with Gasteiger partial charge in [-0.1, -0.05) is 43.7 Å². The van der Waals surface area contributed by atoms with Gasteiger partial charge in [-0.2, -0.15) is 5.10 Å². The van der Waals surface area contributed by atoms with Gasteiger partial charge in [0.05, 0.1) is 18.5 Å². The second-order valence-electron chi connectivity index (χ2n) is 5.22. The van der Waals surface area contributed by atoms with Crippen molar-refractivity contribution >= 4 is 17.5 Å². The molecular weight excluding hydrogens is 306 g/mol. The first-order chi connectivity index (χ1) is 11.7. The van der Waals surface area contributed by atoms with Gasteiger partial charge in [0.2, 0.25) is 0 Å². The summed E-state index contributed by atoms with van der Waals surface area (Å²) < 4.78 is 4.96. The zero-order valence-electron chi connectivity index (χ0n) is 13.6. The molecule has 6 heteroatoms. The number of rotatable bonds is 8. The fraction of sp³-hybridized carbons (Fsp3) is 0.278. The average molecular weight is 327 g/mol. The number of unbranched alkanes of at least 4 members (excludes halogenated alkanes) is 1. The van der Waals surface area contributed by atoms with Crippen molar-refractivity contribution in [3.63, 3.8) is 0 Å². The zero-order valence-corrected chi connectivity index (χ0v) is 13.6. The van der Waals surface area contributed by atoms with Crippen LogP contribution in [0.3, 0.4) is 0 Å². The number of hydrogen-bond donors (Lipinski definition) is 2. The topological polar surface area (TPSA) is 83.7 Å². The number of hydrogen-bond acceptors (Lipinski definition) is 4. The first kappa shape index (κ1) is 17.5. The molecule has 126 valence electrons. The maximum absolute atomic E-state index is 11.9. The number of benzene rings is 1. The van der Waals surface area contributed by atoms with Crippen molar-refractivity contribution in [1.82, 2.24) is 10.7 Å². The number of furan rings is 1. The SMILES string of the molecule is CCCCC(=NNC(=O)CNC(=O)c1ccco1)c1ccccc1. The summed E-state index contributed by atoms with van der Waals surface area (Å²) in [7, 11) is 0. The minimum Gasteiger partial charge on any atom is -0.459 e. The van der Waals surface area contributed by atoms with Crippen LogP contribution in [0, 0.1) is 0 Å². The van der Waals surface area contributed by atoms with Gasteiger partial charge in [0.1, 0.15) is 0 Å². The van der Waals surface area contributed by atoms with E-state index in [1.807, 2.05) is 30.3 Å². The molecule has 1 aromatic carbocycles. The van der Waals surface area contributed by atoms with Crippen LogP contribution in [-0.4, -0.2) is 24.1 Å². The van der Waals surface area contributed by atoms with Gasteiger partial charge in [-0.05, 0) is 30.5 Å². The van der Waals surface area contributed by atoms with E-state index < -0.39 is 5.91 Å². The van der Waals surface area contributed by atoms with E-state index in [4.69, 9.17) is 4.42 Å². The highest BCUT2D eigenvalue weighted by Crippen LogP contribution is 2.07. The molecule has 6 nitrogen and oxygen atoms in total. The maximum Gasteiger partial charge on any atom is 0.287 e. The van der Waals surface area contributed by atoms with Gasteiger partial charge in [0.25, 0.3) is 11.8 Å². The van der Waals surface area contributed by atoms with E-state index in [1.54, 1.807) is 6.07 Å². The summed E-state index contributed by atoms with van der Waals surface area (Å²) in [5, 5.41) is 6.69. The van der Waals surface area contributed by atoms with Crippen LogP contribution in [-0.2, 0) is 4.79 Å². The minimum atomic E-state index is -0.437. The number of carbonyl (C=O) groups excluding carboxylic acids is 2. The Balaban J connectivity index is 1.90. The third-order valence-electron chi connectivity index (χ3n) is 3.34. The van der Waals surface area contributed by atoms with Crippen molar-refractivity contribution in [1.29, 1.82) is 0 Å². The summed E-state index contributed by atoms with van der Waals surface area (Å²) in [4.78, 5) is 23.6. The van der Waals surface area contributed by atoms with Gasteiger partial charge < -0.3 is 9.73 Å². The van der Waals surface area contributed by atoms with Crippen molar-refractivity contribution in [3.05, 3.63) is 60.1 Å². The predicted molar refractivity (Wildman–Crippen MR) is 91.7 cm³/mol. The molecule has 0 bridgehead atoms. The molecular formula is C18H21N3O3. The number of hydrazone groups is 1. The smallest absolute Gasteiger partial charge is 0.287 e. The molecule has 0 radical (unpaired) electrons. The zero-order chi connectivity index (χ0) is 17.2. The highest BCUT2D eigenvalue weighted by Gasteiger charge is 2.10. The number of nitrogens with zero attached hydrogens (tertiary/aromatic N) is 1. The minimum absolute atomic E-state index is 0.166. The molecule has 0 aliphatic heterocycles.